The summed E-state index contributed by atoms with van der Waals surface area (Å²) in [6.45, 7) is 3.13. The lowest BCUT2D eigenvalue weighted by molar-refractivity contribution is -0.0402. The van der Waals surface area contributed by atoms with Crippen molar-refractivity contribution in [3.05, 3.63) is 74.7 Å². The van der Waals surface area contributed by atoms with E-state index in [0.717, 1.165) is 30.3 Å². The van der Waals surface area contributed by atoms with Crippen LogP contribution < -0.4 is 5.56 Å². The Hall–Kier alpha value is -3.49. The number of hydrogen-bond acceptors (Lipinski definition) is 5. The van der Waals surface area contributed by atoms with Crippen LogP contribution in [0.4, 0.5) is 0 Å². The Bertz CT molecular complexity index is 1560. The maximum absolute atomic E-state index is 13.8. The largest absolute Gasteiger partial charge is 0.357 e. The minimum Gasteiger partial charge on any atom is -0.357 e. The van der Waals surface area contributed by atoms with Crippen LogP contribution in [-0.2, 0) is 11.3 Å². The first-order valence-electron chi connectivity index (χ1n) is 12.2. The molecule has 0 aliphatic carbocycles. The Morgan fingerprint density at radius 1 is 1.03 bits per heavy atom. The minimum absolute atomic E-state index is 0.151. The summed E-state index contributed by atoms with van der Waals surface area (Å²) in [6, 6.07) is 12.2. The summed E-state index contributed by atoms with van der Waals surface area (Å²) >= 11 is 6.34. The van der Waals surface area contributed by atoms with E-state index in [2.05, 4.69) is 0 Å². The van der Waals surface area contributed by atoms with Crippen LogP contribution in [0.15, 0.2) is 47.3 Å². The number of pyridine rings is 1. The van der Waals surface area contributed by atoms with Crippen molar-refractivity contribution in [2.45, 2.75) is 45.4 Å². The molecule has 2 amide bonds. The number of hydrogen-bond donors (Lipinski definition) is 0. The highest BCUT2D eigenvalue weighted by molar-refractivity contribution is 6.31. The summed E-state index contributed by atoms with van der Waals surface area (Å²) in [7, 11) is 0. The van der Waals surface area contributed by atoms with Gasteiger partial charge in [-0.3, -0.25) is 19.3 Å². The molecule has 6 rings (SSSR count). The zero-order chi connectivity index (χ0) is 25.0. The quantitative estimate of drug-likeness (QED) is 0.368. The van der Waals surface area contributed by atoms with Gasteiger partial charge in [0.05, 0.1) is 27.7 Å². The highest BCUT2D eigenvalue weighted by atomic mass is 35.5. The molecule has 2 aromatic carbocycles. The molecule has 0 bridgehead atoms. The monoisotopic (exact) mass is 504 g/mol. The van der Waals surface area contributed by atoms with Gasteiger partial charge in [0.2, 0.25) is 0 Å². The van der Waals surface area contributed by atoms with Gasteiger partial charge in [-0.2, -0.15) is 5.10 Å². The fraction of sp³-hybridized carbons (Fsp3) is 0.333. The SMILES string of the molecule is Cc1c2c(=O)n(CCCN3C(=O)c4ccccc4C3=O)c3ccc(Cl)cc3c2nn1C1CCCCO1. The number of aromatic nitrogens is 3. The Morgan fingerprint density at radius 2 is 1.78 bits per heavy atom. The Labute approximate surface area is 212 Å². The number of nitrogens with zero attached hydrogens (tertiary/aromatic N) is 4. The number of ether oxygens (including phenoxy) is 1. The van der Waals surface area contributed by atoms with E-state index in [1.807, 2.05) is 23.7 Å². The lowest BCUT2D eigenvalue weighted by Gasteiger charge is -2.23. The third-order valence-corrected chi connectivity index (χ3v) is 7.42. The summed E-state index contributed by atoms with van der Waals surface area (Å²) in [5, 5.41) is 6.70. The zero-order valence-electron chi connectivity index (χ0n) is 19.9. The summed E-state index contributed by atoms with van der Waals surface area (Å²) in [5.74, 6) is -0.584. The van der Waals surface area contributed by atoms with Crippen molar-refractivity contribution in [2.24, 2.45) is 0 Å². The maximum Gasteiger partial charge on any atom is 0.262 e. The fourth-order valence-electron chi connectivity index (χ4n) is 5.39. The molecule has 0 saturated carbocycles. The smallest absolute Gasteiger partial charge is 0.262 e. The number of rotatable bonds is 5. The highest BCUT2D eigenvalue weighted by Gasteiger charge is 2.34. The van der Waals surface area contributed by atoms with Gasteiger partial charge in [0.1, 0.15) is 11.7 Å². The first kappa shape index (κ1) is 22.9. The number of imide groups is 1. The van der Waals surface area contributed by atoms with E-state index in [0.29, 0.717) is 52.1 Å². The highest BCUT2D eigenvalue weighted by Crippen LogP contribution is 2.31. The standard InChI is InChI=1S/C27H25ClN4O4/c1-16-23-24(29-32(16)22-9-4-5-14-36-22)20-15-17(28)10-11-21(20)30(27(23)35)12-6-13-31-25(33)18-7-2-3-8-19(18)26(31)34/h2-3,7-8,10-11,15,22H,4-6,9,12-14H2,1H3. The molecule has 36 heavy (non-hydrogen) atoms. The summed E-state index contributed by atoms with van der Waals surface area (Å²) < 4.78 is 9.47. The van der Waals surface area contributed by atoms with Gasteiger partial charge < -0.3 is 9.30 Å². The van der Waals surface area contributed by atoms with E-state index in [1.54, 1.807) is 34.9 Å². The van der Waals surface area contributed by atoms with Crippen molar-refractivity contribution in [1.29, 1.82) is 0 Å². The molecule has 2 aliphatic rings. The van der Waals surface area contributed by atoms with Crippen LogP contribution in [0.2, 0.25) is 5.02 Å². The predicted molar refractivity (Wildman–Crippen MR) is 137 cm³/mol. The van der Waals surface area contributed by atoms with Crippen LogP contribution in [0.5, 0.6) is 0 Å². The molecular weight excluding hydrogens is 480 g/mol. The second-order valence-electron chi connectivity index (χ2n) is 9.35. The molecule has 2 aromatic heterocycles. The lowest BCUT2D eigenvalue weighted by Crippen LogP contribution is -2.32. The van der Waals surface area contributed by atoms with Crippen molar-refractivity contribution in [1.82, 2.24) is 19.2 Å². The average Bonchev–Trinajstić information content (AvgIpc) is 3.37. The number of amides is 2. The van der Waals surface area contributed by atoms with Crippen molar-refractivity contribution in [3.63, 3.8) is 0 Å². The molecule has 1 fully saturated rings. The molecule has 8 nitrogen and oxygen atoms in total. The molecule has 0 N–H and O–H groups in total. The van der Waals surface area contributed by atoms with Gasteiger partial charge in [-0.15, -0.1) is 0 Å². The second kappa shape index (κ2) is 8.87. The van der Waals surface area contributed by atoms with Gasteiger partial charge in [-0.1, -0.05) is 23.7 Å². The predicted octanol–water partition coefficient (Wildman–Crippen LogP) is 4.70. The Balaban J connectivity index is 1.37. The first-order valence-corrected chi connectivity index (χ1v) is 12.6. The number of benzene rings is 2. The van der Waals surface area contributed by atoms with E-state index < -0.39 is 0 Å². The molecule has 184 valence electrons. The van der Waals surface area contributed by atoms with Gasteiger partial charge in [0, 0.05) is 30.1 Å². The molecule has 1 unspecified atom stereocenters. The Morgan fingerprint density at radius 3 is 2.47 bits per heavy atom. The average molecular weight is 505 g/mol. The summed E-state index contributed by atoms with van der Waals surface area (Å²) in [6.07, 6.45) is 3.17. The van der Waals surface area contributed by atoms with E-state index >= 15 is 0 Å². The molecule has 9 heteroatoms. The zero-order valence-corrected chi connectivity index (χ0v) is 20.6. The topological polar surface area (TPSA) is 86.4 Å². The number of halogens is 1. The van der Waals surface area contributed by atoms with Crippen molar-refractivity contribution in [3.8, 4) is 0 Å². The number of carbonyl (C=O) groups is 2. The van der Waals surface area contributed by atoms with Crippen LogP contribution in [0.1, 0.15) is 58.3 Å². The van der Waals surface area contributed by atoms with Gasteiger partial charge in [-0.25, -0.2) is 4.68 Å². The van der Waals surface area contributed by atoms with Gasteiger partial charge in [-0.05, 0) is 62.9 Å². The Kier molecular flexibility index (Phi) is 5.65. The van der Waals surface area contributed by atoms with E-state index in [4.69, 9.17) is 21.4 Å². The maximum atomic E-state index is 13.8. The molecule has 4 aromatic rings. The second-order valence-corrected chi connectivity index (χ2v) is 9.79. The van der Waals surface area contributed by atoms with Crippen molar-refractivity contribution >= 4 is 45.2 Å². The number of carbonyl (C=O) groups excluding carboxylic acids is 2. The number of fused-ring (bicyclic) bond motifs is 4. The van der Waals surface area contributed by atoms with Crippen LogP contribution in [0, 0.1) is 6.92 Å². The fourth-order valence-corrected chi connectivity index (χ4v) is 5.56. The lowest BCUT2D eigenvalue weighted by atomic mass is 10.1. The van der Waals surface area contributed by atoms with Crippen molar-refractivity contribution in [2.75, 3.05) is 13.2 Å². The van der Waals surface area contributed by atoms with Gasteiger partial charge in [0.25, 0.3) is 17.4 Å². The number of aryl methyl sites for hydroxylation is 2. The van der Waals surface area contributed by atoms with Crippen LogP contribution in [-0.4, -0.2) is 44.2 Å². The van der Waals surface area contributed by atoms with Gasteiger partial charge >= 0.3 is 0 Å². The van der Waals surface area contributed by atoms with Crippen LogP contribution in [0.25, 0.3) is 21.8 Å². The molecule has 1 saturated heterocycles. The van der Waals surface area contributed by atoms with Gasteiger partial charge in [0.15, 0.2) is 0 Å². The molecule has 2 aliphatic heterocycles. The summed E-state index contributed by atoms with van der Waals surface area (Å²) in [4.78, 5) is 40.5. The first-order chi connectivity index (χ1) is 17.5. The molecule has 0 spiro atoms. The minimum atomic E-state index is -0.292. The van der Waals surface area contributed by atoms with E-state index in [-0.39, 0.29) is 30.1 Å². The molecular formula is C27H25ClN4O4. The molecule has 4 heterocycles. The normalized spacial score (nSPS) is 17.9. The van der Waals surface area contributed by atoms with Crippen LogP contribution >= 0.6 is 11.6 Å². The third kappa shape index (κ3) is 3.55. The molecule has 1 atom stereocenters. The van der Waals surface area contributed by atoms with Crippen LogP contribution in [0.3, 0.4) is 0 Å². The van der Waals surface area contributed by atoms with E-state index in [1.165, 1.54) is 4.90 Å². The molecule has 0 radical (unpaired) electrons. The third-order valence-electron chi connectivity index (χ3n) is 7.18. The summed E-state index contributed by atoms with van der Waals surface area (Å²) in [5.41, 5.74) is 2.79. The van der Waals surface area contributed by atoms with Crippen molar-refractivity contribution < 1.29 is 14.3 Å². The van der Waals surface area contributed by atoms with E-state index in [9.17, 15) is 14.4 Å².